The van der Waals surface area contributed by atoms with Gasteiger partial charge >= 0.3 is 5.97 Å². The molecule has 0 saturated carbocycles. The third kappa shape index (κ3) is 3.75. The maximum atomic E-state index is 13.9. The molecule has 0 bridgehead atoms. The summed E-state index contributed by atoms with van der Waals surface area (Å²) in [5.74, 6) is -26.2. The van der Waals surface area contributed by atoms with E-state index in [1.165, 1.54) is 0 Å². The van der Waals surface area contributed by atoms with Gasteiger partial charge in [0, 0.05) is 0 Å². The van der Waals surface area contributed by atoms with Gasteiger partial charge in [-0.3, -0.25) is 43.2 Å². The summed E-state index contributed by atoms with van der Waals surface area (Å²) in [5.41, 5.74) is -25.7. The quantitative estimate of drug-likeness (QED) is 0.0927. The maximum absolute atomic E-state index is 13.9. The normalized spacial score (nSPS) is 30.6. The first-order valence-electron chi connectivity index (χ1n) is 12.8. The first-order chi connectivity index (χ1) is 19.9. The number of carbonyl (C=O) groups is 10. The van der Waals surface area contributed by atoms with Crippen LogP contribution in [0.3, 0.4) is 0 Å². The summed E-state index contributed by atoms with van der Waals surface area (Å²) in [5, 5.41) is 69.8. The van der Waals surface area contributed by atoms with Gasteiger partial charge in [-0.2, -0.15) is 0 Å². The van der Waals surface area contributed by atoms with Gasteiger partial charge in [-0.05, 0) is 62.3 Å². The largest absolute Gasteiger partial charge is 0.477 e. The zero-order valence-corrected chi connectivity index (χ0v) is 25.8. The van der Waals surface area contributed by atoms with Crippen LogP contribution in [0.4, 0.5) is 0 Å². The molecule has 1 fully saturated rings. The van der Waals surface area contributed by atoms with Crippen LogP contribution in [0.5, 0.6) is 0 Å². The van der Waals surface area contributed by atoms with Gasteiger partial charge in [-0.25, -0.2) is 4.79 Å². The van der Waals surface area contributed by atoms with E-state index in [4.69, 9.17) is 10.5 Å². The number of carbonyl (C=O) groups excluding carboxylic acids is 9. The average Bonchev–Trinajstić information content (AvgIpc) is 2.87. The summed E-state index contributed by atoms with van der Waals surface area (Å²) < 4.78 is 5.11. The minimum atomic E-state index is -4.95. The molecule has 1 heterocycles. The van der Waals surface area contributed by atoms with E-state index in [1.54, 1.807) is 0 Å². The Hall–Kier alpha value is -3.78. The van der Waals surface area contributed by atoms with Gasteiger partial charge in [0.15, 0.2) is 74.2 Å². The number of carboxylic acid groups (broad SMARTS) is 1. The predicted octanol–water partition coefficient (Wildman–Crippen LogP) is -4.56. The summed E-state index contributed by atoms with van der Waals surface area (Å²) >= 11 is 0. The highest BCUT2D eigenvalue weighted by Gasteiger charge is 2.95. The molecule has 1 unspecified atom stereocenters. The highest BCUT2D eigenvalue weighted by molar-refractivity contribution is 6.23. The first kappa shape index (κ1) is 39.2. The number of carboxylic acids is 1. The van der Waals surface area contributed by atoms with Gasteiger partial charge in [0.05, 0.1) is 0 Å². The summed E-state index contributed by atoms with van der Waals surface area (Å²) in [6.07, 6.45) is 0. The van der Waals surface area contributed by atoms with Gasteiger partial charge in [0.2, 0.25) is 16.8 Å². The number of ether oxygens (including phenoxy) is 1. The molecule has 0 amide bonds. The SMILES string of the molecule is CC(=O)C(O)(C(C)=O)[C@](O)(C(C)=O)[C@](O)(C(C)=O)[C@]1(C(C)=O)OC(O)(C(=O)O)C(C(C)=O)(C(C)=O)[C@@](O)(C(C)=O)[C@]1(N)C(C)=O. The second-order valence-electron chi connectivity index (χ2n) is 11.1. The van der Waals surface area contributed by atoms with E-state index >= 15 is 0 Å². The Balaban J connectivity index is 5.31. The number of hydrogen-bond donors (Lipinski definition) is 7. The van der Waals surface area contributed by atoms with Crippen molar-refractivity contribution in [2.45, 2.75) is 102 Å². The third-order valence-corrected chi connectivity index (χ3v) is 8.98. The number of nitrogens with two attached hydrogens (primary N) is 1. The second kappa shape index (κ2) is 10.9. The zero-order valence-electron chi connectivity index (χ0n) is 25.8. The summed E-state index contributed by atoms with van der Waals surface area (Å²) in [6, 6.07) is 0. The first-order valence-corrected chi connectivity index (χ1v) is 12.8. The lowest BCUT2D eigenvalue weighted by molar-refractivity contribution is -0.393. The number of hydrogen-bond acceptors (Lipinski definition) is 17. The van der Waals surface area contributed by atoms with Crippen LogP contribution in [0.25, 0.3) is 0 Å². The van der Waals surface area contributed by atoms with Gasteiger partial charge < -0.3 is 41.1 Å². The van der Waals surface area contributed by atoms with Crippen molar-refractivity contribution in [1.29, 1.82) is 0 Å². The van der Waals surface area contributed by atoms with Crippen LogP contribution >= 0.6 is 0 Å². The fourth-order valence-electron chi connectivity index (χ4n) is 6.91. The Morgan fingerprint density at radius 3 is 1.16 bits per heavy atom. The molecule has 1 rings (SSSR count). The molecule has 1 saturated heterocycles. The van der Waals surface area contributed by atoms with Crippen molar-refractivity contribution >= 4 is 58.0 Å². The fourth-order valence-corrected chi connectivity index (χ4v) is 6.91. The van der Waals surface area contributed by atoms with Crippen molar-refractivity contribution < 1.29 is 83.3 Å². The molecule has 1 aliphatic heterocycles. The summed E-state index contributed by atoms with van der Waals surface area (Å²) in [6.45, 7) is 2.48. The molecule has 0 aromatic carbocycles. The van der Waals surface area contributed by atoms with E-state index in [0.717, 1.165) is 0 Å². The summed E-state index contributed by atoms with van der Waals surface area (Å²) in [7, 11) is 0. The Labute approximate surface area is 254 Å². The van der Waals surface area contributed by atoms with Crippen molar-refractivity contribution in [3.63, 3.8) is 0 Å². The molecule has 0 radical (unpaired) electrons. The molecule has 45 heavy (non-hydrogen) atoms. The smallest absolute Gasteiger partial charge is 0.366 e. The number of ketones is 9. The lowest BCUT2D eigenvalue weighted by Gasteiger charge is -2.69. The van der Waals surface area contributed by atoms with Crippen molar-refractivity contribution in [2.75, 3.05) is 0 Å². The second-order valence-corrected chi connectivity index (χ2v) is 11.1. The fraction of sp³-hybridized carbons (Fsp3) is 0.630. The Morgan fingerprint density at radius 1 is 0.578 bits per heavy atom. The van der Waals surface area contributed by atoms with Crippen molar-refractivity contribution in [3.8, 4) is 0 Å². The lowest BCUT2D eigenvalue weighted by atomic mass is 9.41. The number of rotatable bonds is 13. The van der Waals surface area contributed by atoms with E-state index in [-0.39, 0.29) is 27.7 Å². The molecule has 8 N–H and O–H groups in total. The minimum Gasteiger partial charge on any atom is -0.477 e. The topological polar surface area (TPSA) is 327 Å². The van der Waals surface area contributed by atoms with Crippen LogP contribution in [0.1, 0.15) is 62.3 Å². The van der Waals surface area contributed by atoms with Crippen LogP contribution in [0.15, 0.2) is 0 Å². The third-order valence-electron chi connectivity index (χ3n) is 8.98. The van der Waals surface area contributed by atoms with E-state index in [0.29, 0.717) is 34.6 Å². The van der Waals surface area contributed by atoms with Crippen LogP contribution in [-0.4, -0.2) is 128 Å². The molecule has 250 valence electrons. The molecule has 18 heteroatoms. The molecule has 6 atom stereocenters. The maximum Gasteiger partial charge on any atom is 0.366 e. The minimum absolute atomic E-state index is 0.174. The predicted molar refractivity (Wildman–Crippen MR) is 142 cm³/mol. The molecule has 18 nitrogen and oxygen atoms in total. The van der Waals surface area contributed by atoms with Crippen molar-refractivity contribution in [1.82, 2.24) is 0 Å². The van der Waals surface area contributed by atoms with Crippen LogP contribution in [-0.2, 0) is 52.7 Å². The number of aliphatic hydroxyl groups is 5. The van der Waals surface area contributed by atoms with E-state index in [9.17, 15) is 78.6 Å². The van der Waals surface area contributed by atoms with E-state index in [2.05, 4.69) is 0 Å². The van der Waals surface area contributed by atoms with Crippen molar-refractivity contribution in [2.24, 2.45) is 11.1 Å². The van der Waals surface area contributed by atoms with Crippen LogP contribution in [0, 0.1) is 5.41 Å². The van der Waals surface area contributed by atoms with Crippen LogP contribution in [0.2, 0.25) is 0 Å². The molecular formula is C27H35NO17. The zero-order chi connectivity index (χ0) is 36.5. The highest BCUT2D eigenvalue weighted by atomic mass is 16.7. The monoisotopic (exact) mass is 645 g/mol. The highest BCUT2D eigenvalue weighted by Crippen LogP contribution is 2.63. The lowest BCUT2D eigenvalue weighted by Crippen LogP contribution is -3.01. The van der Waals surface area contributed by atoms with E-state index < -0.39 is 103 Å². The molecular weight excluding hydrogens is 610 g/mol. The van der Waals surface area contributed by atoms with E-state index in [1.807, 2.05) is 0 Å². The van der Waals surface area contributed by atoms with Gasteiger partial charge in [-0.1, -0.05) is 0 Å². The van der Waals surface area contributed by atoms with Crippen molar-refractivity contribution in [3.05, 3.63) is 0 Å². The Morgan fingerprint density at radius 2 is 0.956 bits per heavy atom. The number of Topliss-reactive ketones (excluding diaryl/α,β-unsaturated/α-hetero) is 9. The molecule has 0 aromatic rings. The van der Waals surface area contributed by atoms with Crippen LogP contribution < -0.4 is 5.73 Å². The molecule has 0 aromatic heterocycles. The van der Waals surface area contributed by atoms with Gasteiger partial charge in [-0.15, -0.1) is 0 Å². The van der Waals surface area contributed by atoms with Gasteiger partial charge in [0.25, 0.3) is 5.79 Å². The molecule has 1 aliphatic rings. The average molecular weight is 646 g/mol. The summed E-state index contributed by atoms with van der Waals surface area (Å²) in [4.78, 5) is 133. The molecule has 0 spiro atoms. The number of aliphatic carboxylic acids is 1. The van der Waals surface area contributed by atoms with Gasteiger partial charge in [0.1, 0.15) is 0 Å². The standard InChI is InChI=1S/C27H35NO17/c1-10(29)20(11(2)30)23(41,15(6)34)22(28,14(5)33)26(18(9)37,45-27(20,44)19(38)39)25(43,17(8)36)24(42,16(7)35)21(40,12(3)31)13(4)32/h40-44H,28H2,1-9H3,(H,38,39)/t22-,23+,24-,25-,26-,27?/m1/s1. The molecule has 0 aliphatic carbocycles. The Kier molecular flexibility index (Phi) is 9.54. The Bertz CT molecular complexity index is 1450.